The van der Waals surface area contributed by atoms with Crippen LogP contribution in [0.5, 0.6) is 5.19 Å². The maximum Gasteiger partial charge on any atom is 0.324 e. The summed E-state index contributed by atoms with van der Waals surface area (Å²) in [4.78, 5) is 16.5. The molecule has 1 aliphatic heterocycles. The van der Waals surface area contributed by atoms with Crippen molar-refractivity contribution in [3.8, 4) is 5.19 Å². The van der Waals surface area contributed by atoms with Gasteiger partial charge in [0.2, 0.25) is 0 Å². The highest BCUT2D eigenvalue weighted by Gasteiger charge is 2.31. The molecule has 0 bridgehead atoms. The number of ether oxygens (including phenoxy) is 1. The van der Waals surface area contributed by atoms with Gasteiger partial charge in [0, 0.05) is 31.8 Å². The van der Waals surface area contributed by atoms with Gasteiger partial charge in [0.05, 0.1) is 0 Å². The van der Waals surface area contributed by atoms with E-state index in [0.717, 1.165) is 46.7 Å². The summed E-state index contributed by atoms with van der Waals surface area (Å²) in [5, 5.41) is 4.78. The van der Waals surface area contributed by atoms with E-state index in [4.69, 9.17) is 9.26 Å². The molecule has 0 spiro atoms. The van der Waals surface area contributed by atoms with Gasteiger partial charge in [-0.15, -0.1) is 0 Å². The Balaban J connectivity index is 1.21. The fourth-order valence-electron chi connectivity index (χ4n) is 2.99. The van der Waals surface area contributed by atoms with E-state index in [-0.39, 0.29) is 6.10 Å². The molecule has 0 atom stereocenters. The number of nitrogens with zero attached hydrogens (tertiary/aromatic N) is 5. The molecule has 4 heterocycles. The van der Waals surface area contributed by atoms with Crippen LogP contribution < -0.4 is 9.64 Å². The Kier molecular flexibility index (Phi) is 3.85. The number of fused-ring (bicyclic) bond motifs is 1. The molecule has 25 heavy (non-hydrogen) atoms. The first kappa shape index (κ1) is 15.5. The summed E-state index contributed by atoms with van der Waals surface area (Å²) in [5.41, 5.74) is 0.874. The maximum absolute atomic E-state index is 6.08. The van der Waals surface area contributed by atoms with Crippen molar-refractivity contribution in [2.45, 2.75) is 37.7 Å². The quantitative estimate of drug-likeness (QED) is 0.593. The Morgan fingerprint density at radius 1 is 1.12 bits per heavy atom. The van der Waals surface area contributed by atoms with E-state index in [1.807, 2.05) is 12.1 Å². The highest BCUT2D eigenvalue weighted by molar-refractivity contribution is 9.10. The predicted molar refractivity (Wildman–Crippen MR) is 97.3 cm³/mol. The molecule has 0 aromatic carbocycles. The SMILES string of the molecule is Brc1ccc2nc(OC3CCN(c4nc(C5CC5)no4)CC3)sc2n1. The van der Waals surface area contributed by atoms with Crippen LogP contribution in [0.4, 0.5) is 6.01 Å². The number of halogens is 1. The van der Waals surface area contributed by atoms with Gasteiger partial charge in [0.1, 0.15) is 21.1 Å². The number of anilines is 1. The largest absolute Gasteiger partial charge is 0.467 e. The molecule has 0 radical (unpaired) electrons. The number of hydrogen-bond donors (Lipinski definition) is 0. The van der Waals surface area contributed by atoms with Gasteiger partial charge >= 0.3 is 6.01 Å². The molecule has 9 heteroatoms. The minimum atomic E-state index is 0.158. The summed E-state index contributed by atoms with van der Waals surface area (Å²) in [6.07, 6.45) is 4.35. The van der Waals surface area contributed by atoms with Gasteiger partial charge in [-0.3, -0.25) is 0 Å². The van der Waals surface area contributed by atoms with E-state index in [9.17, 15) is 0 Å². The van der Waals surface area contributed by atoms with Crippen molar-refractivity contribution in [3.05, 3.63) is 22.6 Å². The van der Waals surface area contributed by atoms with E-state index in [1.54, 1.807) is 0 Å². The summed E-state index contributed by atoms with van der Waals surface area (Å²) < 4.78 is 12.3. The van der Waals surface area contributed by atoms with Gasteiger partial charge in [-0.25, -0.2) is 9.97 Å². The molecule has 1 saturated carbocycles. The minimum absolute atomic E-state index is 0.158. The summed E-state index contributed by atoms with van der Waals surface area (Å²) in [5.74, 6) is 1.38. The van der Waals surface area contributed by atoms with E-state index >= 15 is 0 Å². The van der Waals surface area contributed by atoms with Crippen molar-refractivity contribution in [2.24, 2.45) is 0 Å². The second kappa shape index (κ2) is 6.21. The first-order chi connectivity index (χ1) is 12.2. The fourth-order valence-corrected chi connectivity index (χ4v) is 4.28. The molecule has 5 rings (SSSR count). The average molecular weight is 422 g/mol. The third kappa shape index (κ3) is 3.22. The van der Waals surface area contributed by atoms with Crippen LogP contribution in [0.15, 0.2) is 21.3 Å². The standard InChI is InChI=1S/C16H16BrN5O2S/c17-12-4-3-11-14(19-12)25-16(18-11)23-10-5-7-22(8-6-10)15-20-13(21-24-15)9-1-2-9/h3-4,9-10H,1-2,5-8H2. The lowest BCUT2D eigenvalue weighted by Gasteiger charge is -2.29. The lowest BCUT2D eigenvalue weighted by molar-refractivity contribution is 0.168. The molecule has 7 nitrogen and oxygen atoms in total. The summed E-state index contributed by atoms with van der Waals surface area (Å²) in [6.45, 7) is 1.71. The Labute approximate surface area is 156 Å². The second-order valence-electron chi connectivity index (χ2n) is 6.45. The smallest absolute Gasteiger partial charge is 0.324 e. The van der Waals surface area contributed by atoms with Crippen LogP contribution in [0.2, 0.25) is 0 Å². The van der Waals surface area contributed by atoms with E-state index in [1.165, 1.54) is 24.2 Å². The van der Waals surface area contributed by atoms with Crippen LogP contribution in [0.3, 0.4) is 0 Å². The van der Waals surface area contributed by atoms with Crippen molar-refractivity contribution in [1.82, 2.24) is 20.1 Å². The molecule has 2 aliphatic rings. The third-order valence-electron chi connectivity index (χ3n) is 4.56. The number of aromatic nitrogens is 4. The molecular formula is C16H16BrN5O2S. The van der Waals surface area contributed by atoms with E-state index < -0.39 is 0 Å². The van der Waals surface area contributed by atoms with Gasteiger partial charge in [-0.05, 0) is 40.9 Å². The molecule has 1 aliphatic carbocycles. The lowest BCUT2D eigenvalue weighted by atomic mass is 10.1. The molecule has 0 amide bonds. The molecule has 3 aromatic rings. The zero-order valence-corrected chi connectivity index (χ0v) is 15.8. The highest BCUT2D eigenvalue weighted by Crippen LogP contribution is 2.39. The van der Waals surface area contributed by atoms with E-state index in [0.29, 0.717) is 17.1 Å². The van der Waals surface area contributed by atoms with E-state index in [2.05, 4.69) is 40.9 Å². The molecule has 3 aromatic heterocycles. The van der Waals surface area contributed by atoms with Crippen molar-refractivity contribution in [1.29, 1.82) is 0 Å². The number of rotatable bonds is 4. The molecule has 0 N–H and O–H groups in total. The van der Waals surface area contributed by atoms with Gasteiger partial charge in [-0.1, -0.05) is 16.5 Å². The van der Waals surface area contributed by atoms with Crippen molar-refractivity contribution in [2.75, 3.05) is 18.0 Å². The van der Waals surface area contributed by atoms with Crippen LogP contribution in [0, 0.1) is 0 Å². The number of hydrogen-bond acceptors (Lipinski definition) is 8. The zero-order chi connectivity index (χ0) is 16.8. The second-order valence-corrected chi connectivity index (χ2v) is 8.20. The fraction of sp³-hybridized carbons (Fsp3) is 0.500. The van der Waals surface area contributed by atoms with Crippen LogP contribution in [-0.2, 0) is 0 Å². The van der Waals surface area contributed by atoms with Crippen LogP contribution in [0.1, 0.15) is 37.4 Å². The minimum Gasteiger partial charge on any atom is -0.467 e. The molecule has 2 fully saturated rings. The van der Waals surface area contributed by atoms with Gasteiger partial charge in [0.15, 0.2) is 5.82 Å². The van der Waals surface area contributed by atoms with Crippen molar-refractivity contribution < 1.29 is 9.26 Å². The monoisotopic (exact) mass is 421 g/mol. The summed E-state index contributed by atoms with van der Waals surface area (Å²) in [7, 11) is 0. The van der Waals surface area contributed by atoms with Crippen LogP contribution in [-0.4, -0.2) is 39.3 Å². The Morgan fingerprint density at radius 2 is 1.96 bits per heavy atom. The first-order valence-corrected chi connectivity index (χ1v) is 10.0. The molecular weight excluding hydrogens is 406 g/mol. The highest BCUT2D eigenvalue weighted by atomic mass is 79.9. The van der Waals surface area contributed by atoms with Crippen LogP contribution in [0.25, 0.3) is 10.3 Å². The van der Waals surface area contributed by atoms with Crippen LogP contribution >= 0.6 is 27.3 Å². The Bertz CT molecular complexity index is 901. The maximum atomic E-state index is 6.08. The summed E-state index contributed by atoms with van der Waals surface area (Å²) in [6, 6.07) is 4.49. The molecule has 130 valence electrons. The molecule has 1 saturated heterocycles. The number of thiazole rings is 1. The Morgan fingerprint density at radius 3 is 2.76 bits per heavy atom. The number of pyridine rings is 1. The predicted octanol–water partition coefficient (Wildman–Crippen LogP) is 3.76. The number of piperidine rings is 1. The zero-order valence-electron chi connectivity index (χ0n) is 13.4. The summed E-state index contributed by atoms with van der Waals surface area (Å²) >= 11 is 4.87. The van der Waals surface area contributed by atoms with Gasteiger partial charge in [-0.2, -0.15) is 4.98 Å². The lowest BCUT2D eigenvalue weighted by Crippen LogP contribution is -2.38. The first-order valence-electron chi connectivity index (χ1n) is 8.43. The van der Waals surface area contributed by atoms with Crippen molar-refractivity contribution in [3.63, 3.8) is 0 Å². The average Bonchev–Trinajstić information content (AvgIpc) is 3.21. The topological polar surface area (TPSA) is 77.2 Å². The third-order valence-corrected chi connectivity index (χ3v) is 5.85. The van der Waals surface area contributed by atoms with Gasteiger partial charge in [0.25, 0.3) is 5.19 Å². The molecule has 0 unspecified atom stereocenters. The normalized spacial score (nSPS) is 18.8. The van der Waals surface area contributed by atoms with Gasteiger partial charge < -0.3 is 14.2 Å². The Hall–Kier alpha value is -1.74. The van der Waals surface area contributed by atoms with Crippen molar-refractivity contribution >= 4 is 43.6 Å².